The highest BCUT2D eigenvalue weighted by molar-refractivity contribution is 6.31. The summed E-state index contributed by atoms with van der Waals surface area (Å²) in [5, 5.41) is 4.55. The highest BCUT2D eigenvalue weighted by atomic mass is 19.1. The van der Waals surface area contributed by atoms with Gasteiger partial charge in [0.15, 0.2) is 0 Å². The van der Waals surface area contributed by atoms with Gasteiger partial charge in [0.2, 0.25) is 0 Å². The number of ether oxygens (including phenoxy) is 2. The molecule has 0 saturated carbocycles. The van der Waals surface area contributed by atoms with Crippen LogP contribution in [0.25, 0.3) is 0 Å². The number of anilines is 1. The van der Waals surface area contributed by atoms with Crippen LogP contribution < -0.4 is 10.5 Å². The molecule has 34 heavy (non-hydrogen) atoms. The fourth-order valence-electron chi connectivity index (χ4n) is 5.14. The van der Waals surface area contributed by atoms with Crippen molar-refractivity contribution in [3.05, 3.63) is 57.3 Å². The predicted molar refractivity (Wildman–Crippen MR) is 120 cm³/mol. The summed E-state index contributed by atoms with van der Waals surface area (Å²) in [6.07, 6.45) is 2.35. The van der Waals surface area contributed by atoms with Gasteiger partial charge in [-0.2, -0.15) is 5.10 Å². The second-order valence-corrected chi connectivity index (χ2v) is 9.02. The zero-order chi connectivity index (χ0) is 23.9. The summed E-state index contributed by atoms with van der Waals surface area (Å²) >= 11 is 0. The largest absolute Gasteiger partial charge is 0.421 e. The van der Waals surface area contributed by atoms with Crippen LogP contribution in [0.5, 0.6) is 0 Å². The van der Waals surface area contributed by atoms with E-state index < -0.39 is 17.7 Å². The van der Waals surface area contributed by atoms with Gasteiger partial charge in [-0.15, -0.1) is 0 Å². The molecule has 3 heterocycles. The number of halogens is 1. The van der Waals surface area contributed by atoms with Gasteiger partial charge in [0.25, 0.3) is 11.3 Å². The zero-order valence-electron chi connectivity index (χ0n) is 19.1. The summed E-state index contributed by atoms with van der Waals surface area (Å²) in [5.41, 5.74) is 2.23. The normalized spacial score (nSPS) is 19.8. The van der Waals surface area contributed by atoms with Gasteiger partial charge in [0.05, 0.1) is 11.3 Å². The third kappa shape index (κ3) is 4.06. The Balaban J connectivity index is 1.21. The fraction of sp³-hybridized carbons (Fsp3) is 0.500. The number of esters is 2. The van der Waals surface area contributed by atoms with Gasteiger partial charge in [-0.3, -0.25) is 9.69 Å². The van der Waals surface area contributed by atoms with Gasteiger partial charge in [0.1, 0.15) is 5.82 Å². The van der Waals surface area contributed by atoms with Crippen molar-refractivity contribution in [2.45, 2.75) is 44.9 Å². The van der Waals surface area contributed by atoms with Gasteiger partial charge in [-0.1, -0.05) is 0 Å². The van der Waals surface area contributed by atoms with Crippen molar-refractivity contribution in [3.8, 4) is 0 Å². The number of benzene rings is 1. The molecule has 2 aliphatic heterocycles. The number of nitrogens with zero attached hydrogens (tertiary/aromatic N) is 4. The van der Waals surface area contributed by atoms with Crippen LogP contribution in [0.2, 0.25) is 0 Å². The molecule has 1 aromatic heterocycles. The molecule has 0 amide bonds. The summed E-state index contributed by atoms with van der Waals surface area (Å²) < 4.78 is 25.2. The lowest BCUT2D eigenvalue weighted by Gasteiger charge is -2.36. The van der Waals surface area contributed by atoms with Gasteiger partial charge < -0.3 is 14.4 Å². The molecule has 0 bridgehead atoms. The van der Waals surface area contributed by atoms with Gasteiger partial charge in [0, 0.05) is 56.9 Å². The zero-order valence-corrected chi connectivity index (χ0v) is 19.1. The van der Waals surface area contributed by atoms with E-state index in [9.17, 15) is 18.8 Å². The Kier molecular flexibility index (Phi) is 5.85. The smallest absolute Gasteiger partial charge is 0.409 e. The molecule has 1 spiro atoms. The SMILES string of the molecule is Cc1c2c(nn(CCCN3CCN(c4ccc(F)cc4)CC3)c1=O)CCCC21OC(=O)C(=O)O1. The minimum Gasteiger partial charge on any atom is -0.409 e. The average molecular weight is 471 g/mol. The monoisotopic (exact) mass is 470 g/mol. The fourth-order valence-corrected chi connectivity index (χ4v) is 5.14. The van der Waals surface area contributed by atoms with Gasteiger partial charge in [-0.25, -0.2) is 18.7 Å². The topological polar surface area (TPSA) is 94.0 Å². The molecule has 2 saturated heterocycles. The molecule has 1 aromatic carbocycles. The maximum Gasteiger partial charge on any atom is 0.421 e. The lowest BCUT2D eigenvalue weighted by Crippen LogP contribution is -2.47. The molecule has 0 unspecified atom stereocenters. The Bertz CT molecular complexity index is 1160. The second-order valence-electron chi connectivity index (χ2n) is 9.02. The molecular formula is C24H27FN4O5. The van der Waals surface area contributed by atoms with Crippen LogP contribution in [0, 0.1) is 12.7 Å². The van der Waals surface area contributed by atoms with Crippen molar-refractivity contribution in [2.24, 2.45) is 0 Å². The van der Waals surface area contributed by atoms with E-state index >= 15 is 0 Å². The number of hydrogen-bond donors (Lipinski definition) is 0. The van der Waals surface area contributed by atoms with Crippen LogP contribution in [0.1, 0.15) is 36.1 Å². The third-order valence-electron chi connectivity index (χ3n) is 6.85. The third-order valence-corrected chi connectivity index (χ3v) is 6.85. The first-order chi connectivity index (χ1) is 16.4. The molecule has 5 rings (SSSR count). The van der Waals surface area contributed by atoms with Crippen LogP contribution in [-0.4, -0.2) is 59.3 Å². The van der Waals surface area contributed by atoms with Crippen molar-refractivity contribution >= 4 is 17.6 Å². The second kappa shape index (κ2) is 8.83. The highest BCUT2D eigenvalue weighted by Crippen LogP contribution is 2.42. The maximum absolute atomic E-state index is 13.2. The molecular weight excluding hydrogens is 443 g/mol. The van der Waals surface area contributed by atoms with E-state index in [1.54, 1.807) is 19.1 Å². The number of piperazine rings is 1. The molecule has 180 valence electrons. The summed E-state index contributed by atoms with van der Waals surface area (Å²) in [7, 11) is 0. The lowest BCUT2D eigenvalue weighted by molar-refractivity contribution is -0.190. The Morgan fingerprint density at radius 1 is 1.00 bits per heavy atom. The van der Waals surface area contributed by atoms with Crippen LogP contribution in [0.15, 0.2) is 29.1 Å². The molecule has 0 atom stereocenters. The lowest BCUT2D eigenvalue weighted by atomic mass is 9.87. The number of aromatic nitrogens is 2. The Morgan fingerprint density at radius 2 is 1.68 bits per heavy atom. The van der Waals surface area contributed by atoms with Crippen molar-refractivity contribution in [2.75, 3.05) is 37.6 Å². The molecule has 10 heteroatoms. The van der Waals surface area contributed by atoms with Gasteiger partial charge >= 0.3 is 11.9 Å². The van der Waals surface area contributed by atoms with E-state index in [1.807, 2.05) is 0 Å². The summed E-state index contributed by atoms with van der Waals surface area (Å²) in [5.74, 6) is -3.81. The van der Waals surface area contributed by atoms with E-state index in [2.05, 4.69) is 14.9 Å². The van der Waals surface area contributed by atoms with Crippen molar-refractivity contribution in [3.63, 3.8) is 0 Å². The Labute approximate surface area is 196 Å². The Hall–Kier alpha value is -3.27. The minimum atomic E-state index is -1.51. The molecule has 9 nitrogen and oxygen atoms in total. The quantitative estimate of drug-likeness (QED) is 0.479. The first kappa shape index (κ1) is 22.5. The molecule has 2 fully saturated rings. The van der Waals surface area contributed by atoms with Crippen molar-refractivity contribution < 1.29 is 23.5 Å². The van der Waals surface area contributed by atoms with E-state index in [1.165, 1.54) is 16.8 Å². The Morgan fingerprint density at radius 3 is 2.35 bits per heavy atom. The molecule has 0 N–H and O–H groups in total. The number of hydrogen-bond acceptors (Lipinski definition) is 8. The number of carbonyl (C=O) groups is 2. The first-order valence-electron chi connectivity index (χ1n) is 11.7. The first-order valence-corrected chi connectivity index (χ1v) is 11.7. The number of rotatable bonds is 5. The molecule has 1 aliphatic carbocycles. The standard InChI is InChI=1S/C24H27FN4O5/c1-16-20-19(4-2-9-24(20)33-22(31)23(32)34-24)26-29(21(16)30)11-3-10-27-12-14-28(15-13-27)18-7-5-17(25)6-8-18/h5-8H,2-4,9-15H2,1H3. The van der Waals surface area contributed by atoms with Crippen molar-refractivity contribution in [1.29, 1.82) is 0 Å². The predicted octanol–water partition coefficient (Wildman–Crippen LogP) is 1.49. The number of carbonyl (C=O) groups excluding carboxylic acids is 2. The number of fused-ring (bicyclic) bond motifs is 2. The summed E-state index contributed by atoms with van der Waals surface area (Å²) in [6.45, 7) is 6.48. The molecule has 2 aromatic rings. The highest BCUT2D eigenvalue weighted by Gasteiger charge is 2.53. The molecule has 0 radical (unpaired) electrons. The van der Waals surface area contributed by atoms with Crippen LogP contribution in [0.4, 0.5) is 10.1 Å². The number of aryl methyl sites for hydroxylation is 2. The summed E-state index contributed by atoms with van der Waals surface area (Å²) in [6, 6.07) is 6.57. The van der Waals surface area contributed by atoms with Crippen LogP contribution >= 0.6 is 0 Å². The minimum absolute atomic E-state index is 0.232. The van der Waals surface area contributed by atoms with Crippen LogP contribution in [0.3, 0.4) is 0 Å². The maximum atomic E-state index is 13.2. The van der Waals surface area contributed by atoms with E-state index in [0.717, 1.165) is 44.8 Å². The van der Waals surface area contributed by atoms with Crippen molar-refractivity contribution in [1.82, 2.24) is 14.7 Å². The summed E-state index contributed by atoms with van der Waals surface area (Å²) in [4.78, 5) is 41.0. The van der Waals surface area contributed by atoms with E-state index in [4.69, 9.17) is 9.47 Å². The van der Waals surface area contributed by atoms with Gasteiger partial charge in [-0.05, 0) is 50.5 Å². The van der Waals surface area contributed by atoms with E-state index in [0.29, 0.717) is 42.6 Å². The molecule has 3 aliphatic rings. The van der Waals surface area contributed by atoms with E-state index in [-0.39, 0.29) is 11.4 Å². The average Bonchev–Trinajstić information content (AvgIpc) is 3.11. The van der Waals surface area contributed by atoms with Crippen LogP contribution in [-0.2, 0) is 37.8 Å².